The highest BCUT2D eigenvalue weighted by Crippen LogP contribution is 2.27. The van der Waals surface area contributed by atoms with Gasteiger partial charge in [-0.3, -0.25) is 13.9 Å². The van der Waals surface area contributed by atoms with Crippen LogP contribution in [0.5, 0.6) is 0 Å². The molecule has 1 saturated heterocycles. The fraction of sp³-hybridized carbons (Fsp3) is 0.615. The Kier molecular flexibility index (Phi) is 4.57. The van der Waals surface area contributed by atoms with Gasteiger partial charge in [0.25, 0.3) is 5.56 Å². The number of aromatic nitrogens is 2. The minimum absolute atomic E-state index is 0.00848. The van der Waals surface area contributed by atoms with Gasteiger partial charge in [-0.1, -0.05) is 0 Å². The zero-order valence-corrected chi connectivity index (χ0v) is 11.6. The maximum Gasteiger partial charge on any atom is 0.333 e. The second kappa shape index (κ2) is 6.22. The lowest BCUT2D eigenvalue weighted by molar-refractivity contribution is -0.0463. The Hall–Kier alpha value is -1.95. The van der Waals surface area contributed by atoms with Crippen molar-refractivity contribution in [3.05, 3.63) is 32.6 Å². The molecular formula is C13H17N3O5. The van der Waals surface area contributed by atoms with Crippen LogP contribution < -0.4 is 11.2 Å². The Morgan fingerprint density at radius 1 is 1.52 bits per heavy atom. The molecule has 1 aromatic rings. The maximum atomic E-state index is 12.3. The summed E-state index contributed by atoms with van der Waals surface area (Å²) in [5.41, 5.74) is -0.682. The van der Waals surface area contributed by atoms with Crippen molar-refractivity contribution in [2.75, 3.05) is 6.61 Å². The lowest BCUT2D eigenvalue weighted by Crippen LogP contribution is -2.42. The van der Waals surface area contributed by atoms with Crippen molar-refractivity contribution in [2.45, 2.75) is 44.7 Å². The van der Waals surface area contributed by atoms with Gasteiger partial charge in [-0.15, -0.1) is 0 Å². The van der Waals surface area contributed by atoms with Crippen LogP contribution in [0.3, 0.4) is 0 Å². The molecule has 0 aromatic carbocycles. The molecule has 2 rings (SSSR count). The molecule has 0 radical (unpaired) electrons. The second-order valence-electron chi connectivity index (χ2n) is 4.98. The van der Waals surface area contributed by atoms with Crippen LogP contribution in [0.2, 0.25) is 0 Å². The van der Waals surface area contributed by atoms with E-state index in [0.717, 1.165) is 4.57 Å². The molecule has 2 N–H and O–H groups in total. The molecule has 1 aliphatic rings. The monoisotopic (exact) mass is 295 g/mol. The summed E-state index contributed by atoms with van der Waals surface area (Å²) < 4.78 is 7.64. The Labute approximate surface area is 120 Å². The number of hydrogen-bond acceptors (Lipinski definition) is 6. The van der Waals surface area contributed by atoms with Crippen molar-refractivity contribution in [1.29, 1.82) is 5.26 Å². The summed E-state index contributed by atoms with van der Waals surface area (Å²) in [6.07, 6.45) is -0.775. The summed E-state index contributed by atoms with van der Waals surface area (Å²) in [4.78, 5) is 24.3. The predicted molar refractivity (Wildman–Crippen MR) is 71.5 cm³/mol. The summed E-state index contributed by atoms with van der Waals surface area (Å²) in [6.45, 7) is 1.23. The van der Waals surface area contributed by atoms with Crippen LogP contribution in [0, 0.1) is 18.3 Å². The van der Waals surface area contributed by atoms with Gasteiger partial charge in [0.1, 0.15) is 12.3 Å². The van der Waals surface area contributed by atoms with Gasteiger partial charge in [-0.25, -0.2) is 4.79 Å². The molecule has 0 spiro atoms. The number of rotatable bonds is 4. The third-order valence-corrected chi connectivity index (χ3v) is 3.51. The van der Waals surface area contributed by atoms with E-state index in [2.05, 4.69) is 0 Å². The zero-order valence-electron chi connectivity index (χ0n) is 11.6. The van der Waals surface area contributed by atoms with Gasteiger partial charge in [0, 0.05) is 24.7 Å². The van der Waals surface area contributed by atoms with E-state index in [1.165, 1.54) is 10.8 Å². The predicted octanol–water partition coefficient (Wildman–Crippen LogP) is -1.13. The Morgan fingerprint density at radius 2 is 2.24 bits per heavy atom. The first-order valence-corrected chi connectivity index (χ1v) is 6.63. The minimum atomic E-state index is -0.869. The van der Waals surface area contributed by atoms with Crippen LogP contribution in [0.4, 0.5) is 0 Å². The smallest absolute Gasteiger partial charge is 0.333 e. The van der Waals surface area contributed by atoms with E-state index in [9.17, 15) is 14.7 Å². The SMILES string of the molecule is Cc1cn([C@H]2CC(O)[C@@H](CO)O2)c(=O)n(CCC#N)c1=O. The van der Waals surface area contributed by atoms with Crippen LogP contribution in [0.1, 0.15) is 24.6 Å². The van der Waals surface area contributed by atoms with E-state index in [0.29, 0.717) is 5.56 Å². The number of aliphatic hydroxyl groups excluding tert-OH is 2. The third-order valence-electron chi connectivity index (χ3n) is 3.51. The van der Waals surface area contributed by atoms with Gasteiger partial charge in [-0.2, -0.15) is 5.26 Å². The normalized spacial score (nSPS) is 25.0. The third kappa shape index (κ3) is 2.90. The van der Waals surface area contributed by atoms with Gasteiger partial charge in [-0.05, 0) is 6.92 Å². The first-order chi connectivity index (χ1) is 9.99. The molecule has 1 unspecified atom stereocenters. The zero-order chi connectivity index (χ0) is 15.6. The molecule has 0 bridgehead atoms. The minimum Gasteiger partial charge on any atom is -0.394 e. The molecule has 1 fully saturated rings. The van der Waals surface area contributed by atoms with E-state index >= 15 is 0 Å². The van der Waals surface area contributed by atoms with Crippen molar-refractivity contribution < 1.29 is 14.9 Å². The van der Waals surface area contributed by atoms with Crippen molar-refractivity contribution in [1.82, 2.24) is 9.13 Å². The number of hydrogen-bond donors (Lipinski definition) is 2. The van der Waals surface area contributed by atoms with Gasteiger partial charge in [0.05, 0.1) is 25.2 Å². The quantitative estimate of drug-likeness (QED) is 0.726. The van der Waals surface area contributed by atoms with Crippen molar-refractivity contribution in [3.63, 3.8) is 0 Å². The molecule has 8 nitrogen and oxygen atoms in total. The Bertz CT molecular complexity index is 672. The van der Waals surface area contributed by atoms with E-state index in [1.807, 2.05) is 6.07 Å². The average Bonchev–Trinajstić information content (AvgIpc) is 2.84. The maximum absolute atomic E-state index is 12.3. The van der Waals surface area contributed by atoms with Gasteiger partial charge < -0.3 is 14.9 Å². The summed E-state index contributed by atoms with van der Waals surface area (Å²) >= 11 is 0. The Balaban J connectivity index is 2.42. The number of ether oxygens (including phenoxy) is 1. The molecular weight excluding hydrogens is 278 g/mol. The first-order valence-electron chi connectivity index (χ1n) is 6.63. The van der Waals surface area contributed by atoms with E-state index in [-0.39, 0.29) is 26.0 Å². The fourth-order valence-corrected chi connectivity index (χ4v) is 2.37. The Morgan fingerprint density at radius 3 is 2.81 bits per heavy atom. The van der Waals surface area contributed by atoms with E-state index in [4.69, 9.17) is 15.1 Å². The van der Waals surface area contributed by atoms with Crippen molar-refractivity contribution in [2.24, 2.45) is 0 Å². The summed E-state index contributed by atoms with van der Waals surface area (Å²) in [7, 11) is 0. The molecule has 3 atom stereocenters. The molecule has 0 aliphatic carbocycles. The van der Waals surface area contributed by atoms with Crippen LogP contribution in [-0.4, -0.2) is 38.2 Å². The fourth-order valence-electron chi connectivity index (χ4n) is 2.37. The van der Waals surface area contributed by atoms with Gasteiger partial charge >= 0.3 is 5.69 Å². The summed E-state index contributed by atoms with van der Waals surface area (Å²) in [5.74, 6) is 0. The highest BCUT2D eigenvalue weighted by molar-refractivity contribution is 5.04. The van der Waals surface area contributed by atoms with Crippen LogP contribution in [0.15, 0.2) is 15.8 Å². The molecule has 8 heteroatoms. The van der Waals surface area contributed by atoms with Crippen LogP contribution >= 0.6 is 0 Å². The number of aryl methyl sites for hydroxylation is 1. The number of nitrogens with zero attached hydrogens (tertiary/aromatic N) is 3. The number of aliphatic hydroxyl groups is 2. The van der Waals surface area contributed by atoms with Crippen molar-refractivity contribution in [3.8, 4) is 6.07 Å². The lowest BCUT2D eigenvalue weighted by Gasteiger charge is -2.17. The average molecular weight is 295 g/mol. The highest BCUT2D eigenvalue weighted by atomic mass is 16.5. The largest absolute Gasteiger partial charge is 0.394 e. The van der Waals surface area contributed by atoms with Crippen molar-refractivity contribution >= 4 is 0 Å². The molecule has 21 heavy (non-hydrogen) atoms. The standard InChI is InChI=1S/C13H17N3O5/c1-8-6-16(11-5-9(18)10(7-17)21-11)13(20)15(12(8)19)4-2-3-14/h6,9-11,17-18H,2,4-5,7H2,1H3/t9?,10-,11-/m1/s1. The number of nitriles is 1. The van der Waals surface area contributed by atoms with Gasteiger partial charge in [0.2, 0.25) is 0 Å². The molecule has 1 aromatic heterocycles. The second-order valence-corrected chi connectivity index (χ2v) is 4.98. The first kappa shape index (κ1) is 15.4. The van der Waals surface area contributed by atoms with Crippen LogP contribution in [0.25, 0.3) is 0 Å². The van der Waals surface area contributed by atoms with E-state index in [1.54, 1.807) is 6.92 Å². The molecule has 1 aliphatic heterocycles. The molecule has 0 amide bonds. The highest BCUT2D eigenvalue weighted by Gasteiger charge is 2.35. The summed E-state index contributed by atoms with van der Waals surface area (Å²) in [6, 6.07) is 1.89. The van der Waals surface area contributed by atoms with Gasteiger partial charge in [0.15, 0.2) is 0 Å². The molecule has 2 heterocycles. The lowest BCUT2D eigenvalue weighted by atomic mass is 10.2. The summed E-state index contributed by atoms with van der Waals surface area (Å²) in [5, 5.41) is 27.4. The molecule has 0 saturated carbocycles. The topological polar surface area (TPSA) is 117 Å². The van der Waals surface area contributed by atoms with Crippen LogP contribution in [-0.2, 0) is 11.3 Å². The molecule has 114 valence electrons. The van der Waals surface area contributed by atoms with E-state index < -0.39 is 29.7 Å².